The highest BCUT2D eigenvalue weighted by atomic mass is 16.7. The van der Waals surface area contributed by atoms with Gasteiger partial charge in [-0.05, 0) is 44.2 Å². The summed E-state index contributed by atoms with van der Waals surface area (Å²) < 4.78 is 20.7. The predicted octanol–water partition coefficient (Wildman–Crippen LogP) is 1.51. The lowest BCUT2D eigenvalue weighted by molar-refractivity contribution is -0.322. The quantitative estimate of drug-likeness (QED) is 0.0348. The summed E-state index contributed by atoms with van der Waals surface area (Å²) in [6.07, 6.45) is -2.20. The summed E-state index contributed by atoms with van der Waals surface area (Å²) in [4.78, 5) is 35.5. The number of rotatable bonds is 27. The number of ether oxygens (including phenoxy) is 4. The molecule has 0 amide bonds. The van der Waals surface area contributed by atoms with Crippen LogP contribution in [0.5, 0.6) is 5.75 Å². The molecule has 1 aliphatic heterocycles. The van der Waals surface area contributed by atoms with E-state index in [0.29, 0.717) is 18.4 Å². The van der Waals surface area contributed by atoms with Gasteiger partial charge in [0, 0.05) is 6.92 Å². The summed E-state index contributed by atoms with van der Waals surface area (Å²) in [6, 6.07) is 4.96. The molecule has 1 saturated heterocycles. The third-order valence-corrected chi connectivity index (χ3v) is 9.59. The molecule has 54 heavy (non-hydrogen) atoms. The van der Waals surface area contributed by atoms with Crippen LogP contribution in [-0.4, -0.2) is 138 Å². The average molecular weight is 775 g/mol. The molecule has 0 saturated carbocycles. The van der Waals surface area contributed by atoms with Crippen LogP contribution in [0.1, 0.15) is 120 Å². The van der Waals surface area contributed by atoms with Crippen molar-refractivity contribution in [1.82, 2.24) is 0 Å². The monoisotopic (exact) mass is 774 g/mol. The molecule has 1 aliphatic rings. The van der Waals surface area contributed by atoms with E-state index in [9.17, 15) is 60.3 Å². The smallest absolute Gasteiger partial charge is 0.339 e. The maximum atomic E-state index is 12.5. The van der Waals surface area contributed by atoms with Gasteiger partial charge in [-0.25, -0.2) is 9.59 Å². The van der Waals surface area contributed by atoms with Crippen molar-refractivity contribution in [3.05, 3.63) is 29.3 Å². The van der Waals surface area contributed by atoms with Gasteiger partial charge in [-0.1, -0.05) is 82.8 Å². The van der Waals surface area contributed by atoms with Gasteiger partial charge in [0.05, 0.1) is 19.3 Å². The Kier molecular flexibility index (Phi) is 22.3. The number of carbonyl (C=O) groups excluding carboxylic acids is 2. The van der Waals surface area contributed by atoms with Crippen molar-refractivity contribution in [2.45, 2.75) is 171 Å². The predicted molar refractivity (Wildman–Crippen MR) is 192 cm³/mol. The van der Waals surface area contributed by atoms with Crippen LogP contribution in [-0.2, 0) is 30.2 Å². The van der Waals surface area contributed by atoms with Crippen LogP contribution in [0.25, 0.3) is 0 Å². The number of aliphatic hydroxyl groups is 8. The molecule has 0 spiro atoms. The zero-order valence-electron chi connectivity index (χ0n) is 31.4. The number of aryl methyl sites for hydroxylation is 1. The lowest BCUT2D eigenvalue weighted by Gasteiger charge is -2.41. The van der Waals surface area contributed by atoms with E-state index in [1.54, 1.807) is 19.1 Å². The van der Waals surface area contributed by atoms with Crippen molar-refractivity contribution in [3.8, 4) is 5.75 Å². The van der Waals surface area contributed by atoms with Crippen LogP contribution >= 0.6 is 0 Å². The van der Waals surface area contributed by atoms with E-state index in [2.05, 4.69) is 0 Å². The zero-order chi connectivity index (χ0) is 40.2. The molecule has 0 radical (unpaired) electrons. The van der Waals surface area contributed by atoms with Gasteiger partial charge < -0.3 is 64.9 Å². The maximum absolute atomic E-state index is 12.5. The van der Waals surface area contributed by atoms with E-state index >= 15 is 0 Å². The van der Waals surface area contributed by atoms with Gasteiger partial charge in [0.15, 0.2) is 12.4 Å². The van der Waals surface area contributed by atoms with E-state index in [1.165, 1.54) is 25.8 Å². The van der Waals surface area contributed by atoms with Crippen LogP contribution in [0.15, 0.2) is 18.2 Å². The summed E-state index contributed by atoms with van der Waals surface area (Å²) in [5.41, 5.74) is 0.727. The van der Waals surface area contributed by atoms with Crippen LogP contribution in [0.4, 0.5) is 0 Å². The zero-order valence-corrected chi connectivity index (χ0v) is 31.4. The van der Waals surface area contributed by atoms with Crippen molar-refractivity contribution in [1.29, 1.82) is 0 Å². The Morgan fingerprint density at radius 2 is 1.33 bits per heavy atom. The van der Waals surface area contributed by atoms with Gasteiger partial charge in [0.25, 0.3) is 0 Å². The number of esters is 2. The Bertz CT molecular complexity index is 1240. The fraction of sp³-hybridized carbons (Fsp3) is 0.763. The van der Waals surface area contributed by atoms with Gasteiger partial charge in [-0.3, -0.25) is 4.79 Å². The Balaban J connectivity index is 1.53. The molecule has 1 heterocycles. The number of carboxylic acids is 1. The number of unbranched alkanes of at least 4 members (excludes halogenated alkanes) is 12. The Hall–Kier alpha value is -2.77. The van der Waals surface area contributed by atoms with E-state index in [4.69, 9.17) is 18.9 Å². The van der Waals surface area contributed by atoms with Crippen LogP contribution < -0.4 is 4.74 Å². The summed E-state index contributed by atoms with van der Waals surface area (Å²) >= 11 is 0. The number of hydrogen-bond acceptors (Lipinski definition) is 15. The minimum absolute atomic E-state index is 0.0550. The Morgan fingerprint density at radius 1 is 0.778 bits per heavy atom. The molecule has 1 aromatic rings. The van der Waals surface area contributed by atoms with Gasteiger partial charge in [-0.15, -0.1) is 0 Å². The largest absolute Gasteiger partial charge is 0.478 e. The summed E-state index contributed by atoms with van der Waals surface area (Å²) in [6.45, 7) is 1.20. The molecule has 9 N–H and O–H groups in total. The first kappa shape index (κ1) is 47.4. The van der Waals surface area contributed by atoms with E-state index in [1.807, 2.05) is 0 Å². The molecule has 0 bridgehead atoms. The first-order chi connectivity index (χ1) is 25.7. The summed E-state index contributed by atoms with van der Waals surface area (Å²) in [5.74, 6) is -2.75. The molecule has 10 unspecified atom stereocenters. The normalized spacial score (nSPS) is 22.9. The van der Waals surface area contributed by atoms with Gasteiger partial charge in [-0.2, -0.15) is 0 Å². The number of aromatic carboxylic acids is 1. The molecule has 16 heteroatoms. The Labute approximate surface area is 316 Å². The lowest BCUT2D eigenvalue weighted by Crippen LogP contribution is -2.61. The third kappa shape index (κ3) is 15.8. The molecular weight excluding hydrogens is 712 g/mol. The van der Waals surface area contributed by atoms with Crippen LogP contribution in [0, 0.1) is 0 Å². The fourth-order valence-electron chi connectivity index (χ4n) is 6.42. The number of carbonyl (C=O) groups is 3. The molecule has 1 aromatic carbocycles. The van der Waals surface area contributed by atoms with Gasteiger partial charge in [0.2, 0.25) is 0 Å². The molecule has 2 rings (SSSR count). The lowest BCUT2D eigenvalue weighted by atomic mass is 9.99. The summed E-state index contributed by atoms with van der Waals surface area (Å²) in [7, 11) is 0. The SMILES string of the molecule is CC(=O)Oc1cccc(CCCCCCCCCCCCCCCC(C)OC(=O)C(O)C(O)C(O)C(CO)OC2OC(CO)C(O)C(O)C2O)c1C(=O)O. The summed E-state index contributed by atoms with van der Waals surface area (Å²) in [5, 5.41) is 89.7. The van der Waals surface area contributed by atoms with Gasteiger partial charge in [0.1, 0.15) is 54.0 Å². The molecule has 1 fully saturated rings. The third-order valence-electron chi connectivity index (χ3n) is 9.59. The van der Waals surface area contributed by atoms with Crippen molar-refractivity contribution in [2.24, 2.45) is 0 Å². The fourth-order valence-corrected chi connectivity index (χ4v) is 6.42. The molecule has 0 aliphatic carbocycles. The maximum Gasteiger partial charge on any atom is 0.339 e. The second-order valence-corrected chi connectivity index (χ2v) is 14.1. The topological polar surface area (TPSA) is 270 Å². The minimum atomic E-state index is -2.19. The average Bonchev–Trinajstić information content (AvgIpc) is 3.13. The molecule has 0 aromatic heterocycles. The van der Waals surface area contributed by atoms with Crippen molar-refractivity contribution in [3.63, 3.8) is 0 Å². The van der Waals surface area contributed by atoms with E-state index in [-0.39, 0.29) is 11.3 Å². The van der Waals surface area contributed by atoms with E-state index in [0.717, 1.165) is 70.6 Å². The van der Waals surface area contributed by atoms with Crippen molar-refractivity contribution < 1.29 is 79.3 Å². The minimum Gasteiger partial charge on any atom is -0.478 e. The first-order valence-electron chi connectivity index (χ1n) is 19.1. The highest BCUT2D eigenvalue weighted by molar-refractivity contribution is 5.93. The molecule has 310 valence electrons. The molecular formula is C38H62O16. The van der Waals surface area contributed by atoms with E-state index < -0.39 is 92.3 Å². The van der Waals surface area contributed by atoms with Crippen molar-refractivity contribution in [2.75, 3.05) is 13.2 Å². The van der Waals surface area contributed by atoms with Crippen LogP contribution in [0.3, 0.4) is 0 Å². The standard InChI is InChI=1S/C38H62O16/c1-23(51-37(50)34(46)32(44)30(42)27(21-39)53-38-35(47)33(45)31(43)28(22-40)54-38)17-14-12-10-8-6-4-3-5-7-9-11-13-15-18-25-19-16-20-26(52-24(2)41)29(25)36(48)49/h16,19-20,23,27-28,30-35,38-40,42-47H,3-15,17-18,21-22H2,1-2H3,(H,48,49). The first-order valence-corrected chi connectivity index (χ1v) is 19.1. The molecule has 16 nitrogen and oxygen atoms in total. The van der Waals surface area contributed by atoms with Crippen LogP contribution in [0.2, 0.25) is 0 Å². The number of benzene rings is 1. The highest BCUT2D eigenvalue weighted by Crippen LogP contribution is 2.26. The number of hydrogen-bond donors (Lipinski definition) is 9. The van der Waals surface area contributed by atoms with Gasteiger partial charge >= 0.3 is 17.9 Å². The highest BCUT2D eigenvalue weighted by Gasteiger charge is 2.46. The Morgan fingerprint density at radius 3 is 1.85 bits per heavy atom. The molecule has 10 atom stereocenters. The number of carboxylic acid groups (broad SMARTS) is 1. The number of aliphatic hydroxyl groups excluding tert-OH is 8. The second kappa shape index (κ2) is 25.4. The second-order valence-electron chi connectivity index (χ2n) is 14.1. The van der Waals surface area contributed by atoms with Crippen molar-refractivity contribution >= 4 is 17.9 Å².